The minimum Gasteiger partial charge on any atom is -0.411 e. The van der Waals surface area contributed by atoms with Crippen LogP contribution >= 0.6 is 24.0 Å². The van der Waals surface area contributed by atoms with E-state index in [0.29, 0.717) is 11.5 Å². The Kier molecular flexibility index (Phi) is 4.42. The van der Waals surface area contributed by atoms with Gasteiger partial charge < -0.3 is 5.21 Å². The van der Waals surface area contributed by atoms with E-state index in [2.05, 4.69) is 22.4 Å². The molecular formula is C8H8N2OS2. The van der Waals surface area contributed by atoms with Crippen LogP contribution in [0.3, 0.4) is 0 Å². The van der Waals surface area contributed by atoms with Crippen molar-refractivity contribution in [2.45, 2.75) is 4.90 Å². The SMILES string of the molecule is O/N=C(/C=S)CSc1ccncc1. The molecule has 0 spiro atoms. The molecule has 0 unspecified atom stereocenters. The number of pyridine rings is 1. The summed E-state index contributed by atoms with van der Waals surface area (Å²) in [6.45, 7) is 0. The van der Waals surface area contributed by atoms with Gasteiger partial charge in [0.1, 0.15) is 5.71 Å². The standard InChI is InChI=1S/C8H8N2OS2/c11-10-7(5-12)6-13-8-1-3-9-4-2-8/h1-5,11H,6H2/b10-7-. The fraction of sp³-hybridized carbons (Fsp3) is 0.125. The molecule has 0 atom stereocenters. The third-order valence-corrected chi connectivity index (χ3v) is 2.62. The van der Waals surface area contributed by atoms with Crippen LogP contribution in [0.15, 0.2) is 34.6 Å². The maximum atomic E-state index is 8.47. The molecule has 1 N–H and O–H groups in total. The molecule has 0 aromatic carbocycles. The van der Waals surface area contributed by atoms with Crippen molar-refractivity contribution in [2.75, 3.05) is 5.75 Å². The molecule has 1 aromatic rings. The van der Waals surface area contributed by atoms with E-state index in [-0.39, 0.29) is 0 Å². The topological polar surface area (TPSA) is 45.5 Å². The van der Waals surface area contributed by atoms with Gasteiger partial charge in [-0.25, -0.2) is 0 Å². The van der Waals surface area contributed by atoms with Gasteiger partial charge >= 0.3 is 0 Å². The van der Waals surface area contributed by atoms with Crippen molar-refractivity contribution in [3.63, 3.8) is 0 Å². The van der Waals surface area contributed by atoms with Crippen LogP contribution in [0.1, 0.15) is 0 Å². The Morgan fingerprint density at radius 3 is 2.85 bits per heavy atom. The van der Waals surface area contributed by atoms with E-state index in [9.17, 15) is 0 Å². The molecule has 0 saturated heterocycles. The van der Waals surface area contributed by atoms with Gasteiger partial charge in [0.2, 0.25) is 0 Å². The number of nitrogens with zero attached hydrogens (tertiary/aromatic N) is 2. The van der Waals surface area contributed by atoms with Gasteiger partial charge in [0.15, 0.2) is 0 Å². The first-order chi connectivity index (χ1) is 6.36. The Bertz CT molecular complexity index is 300. The number of oxime groups is 1. The van der Waals surface area contributed by atoms with Crippen LogP contribution in [0.4, 0.5) is 0 Å². The van der Waals surface area contributed by atoms with E-state index >= 15 is 0 Å². The summed E-state index contributed by atoms with van der Waals surface area (Å²) in [5.41, 5.74) is 0.497. The summed E-state index contributed by atoms with van der Waals surface area (Å²) in [6, 6.07) is 3.78. The van der Waals surface area contributed by atoms with Crippen LogP contribution in [-0.2, 0) is 0 Å². The van der Waals surface area contributed by atoms with Crippen LogP contribution in [0.5, 0.6) is 0 Å². The van der Waals surface area contributed by atoms with E-state index in [1.165, 1.54) is 5.37 Å². The summed E-state index contributed by atoms with van der Waals surface area (Å²) in [5, 5.41) is 12.9. The molecule has 0 aliphatic rings. The Hall–Kier alpha value is -0.940. The molecule has 0 bridgehead atoms. The highest BCUT2D eigenvalue weighted by molar-refractivity contribution is 8.00. The quantitative estimate of drug-likeness (QED) is 0.272. The van der Waals surface area contributed by atoms with E-state index in [1.54, 1.807) is 24.2 Å². The first-order valence-corrected chi connectivity index (χ1v) is 5.01. The molecule has 0 amide bonds. The third-order valence-electron chi connectivity index (χ3n) is 1.30. The summed E-state index contributed by atoms with van der Waals surface area (Å²) < 4.78 is 0. The maximum absolute atomic E-state index is 8.47. The normalized spacial score (nSPS) is 11.2. The summed E-state index contributed by atoms with van der Waals surface area (Å²) in [6.07, 6.45) is 3.44. The largest absolute Gasteiger partial charge is 0.411 e. The first-order valence-electron chi connectivity index (χ1n) is 3.55. The van der Waals surface area contributed by atoms with Crippen molar-refractivity contribution in [1.29, 1.82) is 0 Å². The van der Waals surface area contributed by atoms with Crippen LogP contribution in [0.25, 0.3) is 0 Å². The molecule has 0 fully saturated rings. The lowest BCUT2D eigenvalue weighted by Crippen LogP contribution is -2.01. The van der Waals surface area contributed by atoms with Crippen molar-refractivity contribution in [3.05, 3.63) is 24.5 Å². The van der Waals surface area contributed by atoms with Crippen LogP contribution in [0, 0.1) is 0 Å². The Labute approximate surface area is 85.9 Å². The highest BCUT2D eigenvalue weighted by Crippen LogP contribution is 2.15. The molecule has 0 aliphatic carbocycles. The van der Waals surface area contributed by atoms with Gasteiger partial charge in [-0.05, 0) is 12.1 Å². The van der Waals surface area contributed by atoms with Crippen molar-refractivity contribution >= 4 is 35.1 Å². The van der Waals surface area contributed by atoms with Gasteiger partial charge in [0.25, 0.3) is 0 Å². The average Bonchev–Trinajstić information content (AvgIpc) is 2.21. The second-order valence-corrected chi connectivity index (χ2v) is 3.47. The fourth-order valence-corrected chi connectivity index (χ4v) is 1.68. The average molecular weight is 212 g/mol. The monoisotopic (exact) mass is 212 g/mol. The lowest BCUT2D eigenvalue weighted by molar-refractivity contribution is 0.320. The predicted octanol–water partition coefficient (Wildman–Crippen LogP) is 2.00. The second-order valence-electron chi connectivity index (χ2n) is 2.18. The van der Waals surface area contributed by atoms with Crippen molar-refractivity contribution < 1.29 is 5.21 Å². The van der Waals surface area contributed by atoms with Crippen LogP contribution in [0.2, 0.25) is 0 Å². The Balaban J connectivity index is 2.48. The molecular weight excluding hydrogens is 204 g/mol. The molecule has 0 radical (unpaired) electrons. The first kappa shape index (κ1) is 10.1. The zero-order valence-corrected chi connectivity index (χ0v) is 8.38. The molecule has 0 aliphatic heterocycles. The van der Waals surface area contributed by atoms with Gasteiger partial charge in [-0.2, -0.15) is 0 Å². The van der Waals surface area contributed by atoms with E-state index in [1.807, 2.05) is 12.1 Å². The zero-order chi connectivity index (χ0) is 9.52. The molecule has 1 rings (SSSR count). The summed E-state index contributed by atoms with van der Waals surface area (Å²) >= 11 is 6.20. The van der Waals surface area contributed by atoms with Crippen molar-refractivity contribution in [2.24, 2.45) is 5.16 Å². The number of hydrogen-bond acceptors (Lipinski definition) is 5. The number of rotatable bonds is 4. The van der Waals surface area contributed by atoms with Gasteiger partial charge in [0, 0.05) is 28.4 Å². The fourth-order valence-electron chi connectivity index (χ4n) is 0.678. The van der Waals surface area contributed by atoms with E-state index < -0.39 is 0 Å². The van der Waals surface area contributed by atoms with Crippen molar-refractivity contribution in [3.8, 4) is 0 Å². The predicted molar refractivity (Wildman–Crippen MR) is 57.8 cm³/mol. The molecule has 1 aromatic heterocycles. The lowest BCUT2D eigenvalue weighted by atomic mass is 10.5. The summed E-state index contributed by atoms with van der Waals surface area (Å²) in [7, 11) is 0. The van der Waals surface area contributed by atoms with Gasteiger partial charge in [-0.1, -0.05) is 17.4 Å². The maximum Gasteiger partial charge on any atom is 0.100 e. The summed E-state index contributed by atoms with van der Waals surface area (Å²) in [4.78, 5) is 4.97. The molecule has 0 saturated carbocycles. The molecule has 1 heterocycles. The van der Waals surface area contributed by atoms with Crippen LogP contribution in [-0.4, -0.2) is 27.0 Å². The number of hydrogen-bond donors (Lipinski definition) is 1. The molecule has 68 valence electrons. The number of thiocarbonyl (C=S) groups is 1. The Morgan fingerprint density at radius 2 is 2.31 bits per heavy atom. The Morgan fingerprint density at radius 1 is 1.62 bits per heavy atom. The highest BCUT2D eigenvalue weighted by Gasteiger charge is 1.97. The van der Waals surface area contributed by atoms with E-state index in [0.717, 1.165) is 4.90 Å². The lowest BCUT2D eigenvalue weighted by Gasteiger charge is -1.98. The van der Waals surface area contributed by atoms with Gasteiger partial charge in [-0.15, -0.1) is 11.8 Å². The zero-order valence-electron chi connectivity index (χ0n) is 6.75. The molecule has 3 nitrogen and oxygen atoms in total. The van der Waals surface area contributed by atoms with Gasteiger partial charge in [0.05, 0.1) is 0 Å². The van der Waals surface area contributed by atoms with Crippen molar-refractivity contribution in [1.82, 2.24) is 4.98 Å². The van der Waals surface area contributed by atoms with Crippen LogP contribution < -0.4 is 0 Å². The van der Waals surface area contributed by atoms with E-state index in [4.69, 9.17) is 5.21 Å². The number of aromatic nitrogens is 1. The minimum absolute atomic E-state index is 0.497. The second kappa shape index (κ2) is 5.66. The number of thioether (sulfide) groups is 1. The third kappa shape index (κ3) is 3.52. The highest BCUT2D eigenvalue weighted by atomic mass is 32.2. The smallest absolute Gasteiger partial charge is 0.100 e. The molecule has 13 heavy (non-hydrogen) atoms. The molecule has 5 heteroatoms. The minimum atomic E-state index is 0.497. The summed E-state index contributed by atoms with van der Waals surface area (Å²) in [5.74, 6) is 0.573. The van der Waals surface area contributed by atoms with Gasteiger partial charge in [-0.3, -0.25) is 4.98 Å².